The number of hydrazine groups is 1. The number of aromatic nitrogens is 2. The number of carbonyl (C=O) groups excluding carboxylic acids is 2. The summed E-state index contributed by atoms with van der Waals surface area (Å²) in [6.07, 6.45) is 5.53. The van der Waals surface area contributed by atoms with Crippen LogP contribution in [-0.4, -0.2) is 44.2 Å². The number of imidazole rings is 1. The molecule has 0 radical (unpaired) electrons. The van der Waals surface area contributed by atoms with Crippen LogP contribution in [0.3, 0.4) is 0 Å². The van der Waals surface area contributed by atoms with Crippen molar-refractivity contribution in [3.8, 4) is 0 Å². The van der Waals surface area contributed by atoms with Gasteiger partial charge in [0, 0.05) is 25.5 Å². The Hall–Kier alpha value is -3.16. The molecule has 1 saturated carbocycles. The fraction of sp³-hybridized carbons (Fsp3) is 0.368. The Kier molecular flexibility index (Phi) is 4.39. The van der Waals surface area contributed by atoms with Crippen molar-refractivity contribution in [3.63, 3.8) is 0 Å². The van der Waals surface area contributed by atoms with Crippen molar-refractivity contribution in [3.05, 3.63) is 48.5 Å². The molecule has 1 unspecified atom stereocenters. The highest BCUT2D eigenvalue weighted by atomic mass is 16.2. The highest BCUT2D eigenvalue weighted by molar-refractivity contribution is 6.39. The molecule has 8 nitrogen and oxygen atoms in total. The number of aliphatic imine (C=N–C) groups is 1. The lowest BCUT2D eigenvalue weighted by Gasteiger charge is -2.32. The number of aryl methyl sites for hydroxylation is 1. The molecule has 0 spiro atoms. The van der Waals surface area contributed by atoms with Crippen LogP contribution in [0.1, 0.15) is 25.6 Å². The first-order chi connectivity index (χ1) is 13.0. The van der Waals surface area contributed by atoms with Gasteiger partial charge in [-0.05, 0) is 31.9 Å². The van der Waals surface area contributed by atoms with Crippen LogP contribution in [0.4, 0.5) is 5.69 Å². The fourth-order valence-corrected chi connectivity index (χ4v) is 3.09. The van der Waals surface area contributed by atoms with E-state index in [1.54, 1.807) is 18.0 Å². The fourth-order valence-electron chi connectivity index (χ4n) is 3.09. The third-order valence-electron chi connectivity index (χ3n) is 4.82. The summed E-state index contributed by atoms with van der Waals surface area (Å²) in [6, 6.07) is 8.77. The molecule has 0 saturated heterocycles. The largest absolute Gasteiger partial charge is 0.337 e. The summed E-state index contributed by atoms with van der Waals surface area (Å²) in [4.78, 5) is 36.2. The Balaban J connectivity index is 1.58. The SMILES string of the molecule is CC1N=C(C(=O)N(Cc2nccn2C)C2CC2)NN(c2ccccc2)C1=O. The lowest BCUT2D eigenvalue weighted by atomic mass is 10.2. The van der Waals surface area contributed by atoms with E-state index in [4.69, 9.17) is 0 Å². The molecule has 1 aromatic carbocycles. The molecule has 1 aromatic heterocycles. The molecular formula is C19H22N6O2. The molecule has 2 amide bonds. The molecule has 0 bridgehead atoms. The number of benzene rings is 1. The van der Waals surface area contributed by atoms with E-state index in [-0.39, 0.29) is 23.7 Å². The van der Waals surface area contributed by atoms with Crippen LogP contribution in [0.2, 0.25) is 0 Å². The van der Waals surface area contributed by atoms with Gasteiger partial charge in [-0.2, -0.15) is 0 Å². The van der Waals surface area contributed by atoms with Crippen LogP contribution in [0.15, 0.2) is 47.7 Å². The first kappa shape index (κ1) is 17.3. The van der Waals surface area contributed by atoms with E-state index in [1.807, 2.05) is 48.1 Å². The van der Waals surface area contributed by atoms with Gasteiger partial charge in [0.25, 0.3) is 11.8 Å². The minimum atomic E-state index is -0.625. The second kappa shape index (κ2) is 6.86. The molecule has 140 valence electrons. The maximum Gasteiger partial charge on any atom is 0.291 e. The number of nitrogens with one attached hydrogen (secondary N) is 1. The number of hydrogen-bond donors (Lipinski definition) is 1. The maximum atomic E-state index is 13.2. The van der Waals surface area contributed by atoms with E-state index in [0.29, 0.717) is 12.2 Å². The summed E-state index contributed by atoms with van der Waals surface area (Å²) >= 11 is 0. The molecule has 8 heteroatoms. The van der Waals surface area contributed by atoms with Gasteiger partial charge in [-0.3, -0.25) is 15.0 Å². The van der Waals surface area contributed by atoms with E-state index in [9.17, 15) is 9.59 Å². The summed E-state index contributed by atoms with van der Waals surface area (Å²) in [5.74, 6) is 0.600. The Labute approximate surface area is 157 Å². The van der Waals surface area contributed by atoms with Gasteiger partial charge in [0.1, 0.15) is 11.9 Å². The zero-order chi connectivity index (χ0) is 19.0. The van der Waals surface area contributed by atoms with Crippen molar-refractivity contribution in [2.75, 3.05) is 5.01 Å². The van der Waals surface area contributed by atoms with Gasteiger partial charge in [0.15, 0.2) is 0 Å². The second-order valence-electron chi connectivity index (χ2n) is 6.89. The van der Waals surface area contributed by atoms with Gasteiger partial charge in [0.2, 0.25) is 5.84 Å². The Morgan fingerprint density at radius 2 is 2.04 bits per heavy atom. The van der Waals surface area contributed by atoms with E-state index in [2.05, 4.69) is 15.4 Å². The van der Waals surface area contributed by atoms with Gasteiger partial charge in [-0.15, -0.1) is 0 Å². The quantitative estimate of drug-likeness (QED) is 0.863. The Bertz CT molecular complexity index is 887. The standard InChI is InChI=1S/C19H22N6O2/c1-13-18(26)25(15-6-4-3-5-7-15)22-17(21-13)19(27)24(14-8-9-14)12-16-20-10-11-23(16)2/h3-7,10-11,13-14H,8-9,12H2,1-2H3,(H,21,22). The molecule has 1 N–H and O–H groups in total. The number of amidine groups is 1. The first-order valence-electron chi connectivity index (χ1n) is 9.05. The average molecular weight is 366 g/mol. The van der Waals surface area contributed by atoms with Crippen LogP contribution in [0, 0.1) is 0 Å². The number of nitrogens with zero attached hydrogens (tertiary/aromatic N) is 5. The van der Waals surface area contributed by atoms with Crippen molar-refractivity contribution in [2.24, 2.45) is 12.0 Å². The molecule has 2 aliphatic rings. The van der Waals surface area contributed by atoms with Crippen LogP contribution in [0.5, 0.6) is 0 Å². The zero-order valence-electron chi connectivity index (χ0n) is 15.4. The summed E-state index contributed by atoms with van der Waals surface area (Å²) < 4.78 is 1.90. The van der Waals surface area contributed by atoms with Crippen LogP contribution in [-0.2, 0) is 23.2 Å². The number of para-hydroxylation sites is 1. The van der Waals surface area contributed by atoms with Crippen molar-refractivity contribution in [2.45, 2.75) is 38.4 Å². The topological polar surface area (TPSA) is 82.8 Å². The normalized spacial score (nSPS) is 19.5. The molecular weight excluding hydrogens is 344 g/mol. The van der Waals surface area contributed by atoms with Crippen LogP contribution in [0.25, 0.3) is 0 Å². The van der Waals surface area contributed by atoms with Gasteiger partial charge in [-0.1, -0.05) is 18.2 Å². The first-order valence-corrected chi connectivity index (χ1v) is 9.05. The van der Waals surface area contributed by atoms with Gasteiger partial charge in [0.05, 0.1) is 12.2 Å². The van der Waals surface area contributed by atoms with E-state index < -0.39 is 6.04 Å². The molecule has 1 atom stereocenters. The average Bonchev–Trinajstić information content (AvgIpc) is 3.44. The van der Waals surface area contributed by atoms with E-state index in [1.165, 1.54) is 5.01 Å². The van der Waals surface area contributed by atoms with Crippen molar-refractivity contribution in [1.82, 2.24) is 19.9 Å². The number of hydrogen-bond acceptors (Lipinski definition) is 5. The van der Waals surface area contributed by atoms with Gasteiger partial charge in [-0.25, -0.2) is 15.0 Å². The lowest BCUT2D eigenvalue weighted by Crippen LogP contribution is -2.58. The minimum absolute atomic E-state index is 0.187. The van der Waals surface area contributed by atoms with Crippen molar-refractivity contribution < 1.29 is 9.59 Å². The number of carbonyl (C=O) groups is 2. The minimum Gasteiger partial charge on any atom is -0.337 e. The van der Waals surface area contributed by atoms with Gasteiger partial charge >= 0.3 is 0 Å². The number of anilines is 1. The number of rotatable bonds is 5. The van der Waals surface area contributed by atoms with Gasteiger partial charge < -0.3 is 9.47 Å². The predicted molar refractivity (Wildman–Crippen MR) is 101 cm³/mol. The maximum absolute atomic E-state index is 13.2. The monoisotopic (exact) mass is 366 g/mol. The molecule has 1 fully saturated rings. The van der Waals surface area contributed by atoms with Crippen LogP contribution < -0.4 is 10.4 Å². The molecule has 1 aliphatic carbocycles. The van der Waals surface area contributed by atoms with Crippen LogP contribution >= 0.6 is 0 Å². The molecule has 27 heavy (non-hydrogen) atoms. The third-order valence-corrected chi connectivity index (χ3v) is 4.82. The molecule has 4 rings (SSSR count). The molecule has 2 heterocycles. The highest BCUT2D eigenvalue weighted by Crippen LogP contribution is 2.29. The van der Waals surface area contributed by atoms with E-state index >= 15 is 0 Å². The molecule has 1 aliphatic heterocycles. The Morgan fingerprint density at radius 1 is 1.30 bits per heavy atom. The highest BCUT2D eigenvalue weighted by Gasteiger charge is 2.38. The Morgan fingerprint density at radius 3 is 2.67 bits per heavy atom. The number of amides is 2. The summed E-state index contributed by atoms with van der Waals surface area (Å²) in [7, 11) is 1.91. The lowest BCUT2D eigenvalue weighted by molar-refractivity contribution is -0.126. The summed E-state index contributed by atoms with van der Waals surface area (Å²) in [5, 5.41) is 1.40. The van der Waals surface area contributed by atoms with Crippen molar-refractivity contribution >= 4 is 23.3 Å². The predicted octanol–water partition coefficient (Wildman–Crippen LogP) is 1.25. The third kappa shape index (κ3) is 3.42. The smallest absolute Gasteiger partial charge is 0.291 e. The summed E-state index contributed by atoms with van der Waals surface area (Å²) in [5.41, 5.74) is 3.60. The zero-order valence-corrected chi connectivity index (χ0v) is 15.4. The van der Waals surface area contributed by atoms with E-state index in [0.717, 1.165) is 18.7 Å². The molecule has 2 aromatic rings. The van der Waals surface area contributed by atoms with Crippen molar-refractivity contribution in [1.29, 1.82) is 0 Å². The summed E-state index contributed by atoms with van der Waals surface area (Å²) in [6.45, 7) is 2.12. The second-order valence-corrected chi connectivity index (χ2v) is 6.89.